The number of nitrogens with two attached hydrogens (primary N) is 1. The summed E-state index contributed by atoms with van der Waals surface area (Å²) in [5.41, 5.74) is 7.66. The topological polar surface area (TPSA) is 38.5 Å². The summed E-state index contributed by atoms with van der Waals surface area (Å²) in [6.45, 7) is 1.94. The number of para-hydroxylation sites is 1. The summed E-state index contributed by atoms with van der Waals surface area (Å²) >= 11 is 0. The van der Waals surface area contributed by atoms with Crippen molar-refractivity contribution in [2.45, 2.75) is 6.54 Å². The van der Waals surface area contributed by atoms with Gasteiger partial charge in [0.1, 0.15) is 6.61 Å². The zero-order valence-corrected chi connectivity index (χ0v) is 11.6. The van der Waals surface area contributed by atoms with Crippen molar-refractivity contribution >= 4 is 5.69 Å². The lowest BCUT2D eigenvalue weighted by atomic mass is 10.2. The fourth-order valence-electron chi connectivity index (χ4n) is 1.96. The van der Waals surface area contributed by atoms with Gasteiger partial charge < -0.3 is 10.5 Å². The van der Waals surface area contributed by atoms with Crippen LogP contribution in [0, 0.1) is 5.82 Å². The van der Waals surface area contributed by atoms with Crippen LogP contribution in [0.5, 0.6) is 5.75 Å². The Morgan fingerprint density at radius 1 is 1.15 bits per heavy atom. The van der Waals surface area contributed by atoms with E-state index in [1.54, 1.807) is 18.2 Å². The van der Waals surface area contributed by atoms with Gasteiger partial charge in [0.15, 0.2) is 11.6 Å². The van der Waals surface area contributed by atoms with Crippen molar-refractivity contribution in [3.8, 4) is 5.75 Å². The van der Waals surface area contributed by atoms with Crippen LogP contribution in [0.2, 0.25) is 0 Å². The van der Waals surface area contributed by atoms with Gasteiger partial charge in [-0.3, -0.25) is 4.90 Å². The molecule has 106 valence electrons. The van der Waals surface area contributed by atoms with Gasteiger partial charge in [-0.05, 0) is 36.9 Å². The molecule has 0 bridgehead atoms. The molecule has 4 heteroatoms. The highest BCUT2D eigenvalue weighted by Gasteiger charge is 2.04. The van der Waals surface area contributed by atoms with Gasteiger partial charge in [-0.2, -0.15) is 0 Å². The standard InChI is InChI=1S/C16H19FN2O/c1-19(12-13-5-4-6-14(18)11-13)9-10-20-16-8-3-2-7-15(16)17/h2-8,11H,9-10,12,18H2,1H3. The third-order valence-corrected chi connectivity index (χ3v) is 2.97. The molecule has 0 unspecified atom stereocenters. The van der Waals surface area contributed by atoms with Gasteiger partial charge in [0.25, 0.3) is 0 Å². The monoisotopic (exact) mass is 274 g/mol. The Morgan fingerprint density at radius 2 is 1.95 bits per heavy atom. The van der Waals surface area contributed by atoms with E-state index in [-0.39, 0.29) is 5.82 Å². The van der Waals surface area contributed by atoms with E-state index in [2.05, 4.69) is 4.90 Å². The predicted molar refractivity (Wildman–Crippen MR) is 79.1 cm³/mol. The Kier molecular flexibility index (Phi) is 4.96. The highest BCUT2D eigenvalue weighted by Crippen LogP contribution is 2.15. The highest BCUT2D eigenvalue weighted by molar-refractivity contribution is 5.40. The van der Waals surface area contributed by atoms with E-state index in [1.807, 2.05) is 31.3 Å². The average Bonchev–Trinajstić information content (AvgIpc) is 2.41. The number of hydrogen-bond donors (Lipinski definition) is 1. The molecule has 0 aromatic heterocycles. The molecule has 2 aromatic rings. The maximum absolute atomic E-state index is 13.4. The molecule has 2 rings (SSSR count). The first-order valence-corrected chi connectivity index (χ1v) is 6.55. The second kappa shape index (κ2) is 6.91. The summed E-state index contributed by atoms with van der Waals surface area (Å²) < 4.78 is 18.8. The number of nitrogens with zero attached hydrogens (tertiary/aromatic N) is 1. The molecule has 0 atom stereocenters. The lowest BCUT2D eigenvalue weighted by Gasteiger charge is -2.17. The summed E-state index contributed by atoms with van der Waals surface area (Å²) in [6.07, 6.45) is 0. The minimum Gasteiger partial charge on any atom is -0.489 e. The summed E-state index contributed by atoms with van der Waals surface area (Å²) in [7, 11) is 1.99. The third kappa shape index (κ3) is 4.24. The molecule has 0 spiro atoms. The molecule has 20 heavy (non-hydrogen) atoms. The molecule has 2 aromatic carbocycles. The van der Waals surface area contributed by atoms with E-state index >= 15 is 0 Å². The van der Waals surface area contributed by atoms with Crippen molar-refractivity contribution in [1.29, 1.82) is 0 Å². The fourth-order valence-corrected chi connectivity index (χ4v) is 1.96. The molecule has 0 fully saturated rings. The van der Waals surface area contributed by atoms with Crippen LogP contribution < -0.4 is 10.5 Å². The van der Waals surface area contributed by atoms with Gasteiger partial charge in [0, 0.05) is 18.8 Å². The largest absolute Gasteiger partial charge is 0.489 e. The SMILES string of the molecule is CN(CCOc1ccccc1F)Cc1cccc(N)c1. The molecule has 0 aliphatic rings. The van der Waals surface area contributed by atoms with Crippen molar-refractivity contribution in [3.63, 3.8) is 0 Å². The Hall–Kier alpha value is -2.07. The highest BCUT2D eigenvalue weighted by atomic mass is 19.1. The van der Waals surface area contributed by atoms with Crippen molar-refractivity contribution in [3.05, 3.63) is 59.9 Å². The predicted octanol–water partition coefficient (Wildman–Crippen LogP) is 2.92. The maximum Gasteiger partial charge on any atom is 0.165 e. The summed E-state index contributed by atoms with van der Waals surface area (Å²) in [4.78, 5) is 2.11. The minimum atomic E-state index is -0.328. The number of benzene rings is 2. The van der Waals surface area contributed by atoms with Gasteiger partial charge in [-0.15, -0.1) is 0 Å². The summed E-state index contributed by atoms with van der Waals surface area (Å²) in [5, 5.41) is 0. The molecule has 0 heterocycles. The number of nitrogen functional groups attached to an aromatic ring is 1. The van der Waals surface area contributed by atoms with E-state index in [1.165, 1.54) is 6.07 Å². The van der Waals surface area contributed by atoms with Crippen molar-refractivity contribution in [1.82, 2.24) is 4.90 Å². The molecule has 0 aliphatic carbocycles. The molecule has 0 aliphatic heterocycles. The van der Waals surface area contributed by atoms with Gasteiger partial charge >= 0.3 is 0 Å². The Labute approximate surface area is 118 Å². The van der Waals surface area contributed by atoms with Gasteiger partial charge in [0.2, 0.25) is 0 Å². The van der Waals surface area contributed by atoms with Crippen LogP contribution in [0.4, 0.5) is 10.1 Å². The number of likely N-dealkylation sites (N-methyl/N-ethyl adjacent to an activating group) is 1. The lowest BCUT2D eigenvalue weighted by Crippen LogP contribution is -2.24. The Balaban J connectivity index is 1.78. The van der Waals surface area contributed by atoms with E-state index in [0.717, 1.165) is 17.8 Å². The van der Waals surface area contributed by atoms with Gasteiger partial charge in [0.05, 0.1) is 0 Å². The van der Waals surface area contributed by atoms with Gasteiger partial charge in [-0.1, -0.05) is 24.3 Å². The molecule has 2 N–H and O–H groups in total. The molecule has 0 amide bonds. The van der Waals surface area contributed by atoms with Crippen LogP contribution in [0.1, 0.15) is 5.56 Å². The quantitative estimate of drug-likeness (QED) is 0.823. The average molecular weight is 274 g/mol. The molecular formula is C16H19FN2O. The van der Waals surface area contributed by atoms with Crippen LogP contribution in [-0.4, -0.2) is 25.1 Å². The number of halogens is 1. The van der Waals surface area contributed by atoms with E-state index in [4.69, 9.17) is 10.5 Å². The fraction of sp³-hybridized carbons (Fsp3) is 0.250. The second-order valence-electron chi connectivity index (χ2n) is 4.76. The van der Waals surface area contributed by atoms with Crippen LogP contribution in [0.15, 0.2) is 48.5 Å². The number of anilines is 1. The Morgan fingerprint density at radius 3 is 2.70 bits per heavy atom. The molecule has 0 saturated heterocycles. The summed E-state index contributed by atoms with van der Waals surface area (Å²) in [5.74, 6) is -0.0316. The molecule has 3 nitrogen and oxygen atoms in total. The third-order valence-electron chi connectivity index (χ3n) is 2.97. The van der Waals surface area contributed by atoms with Crippen LogP contribution in [0.3, 0.4) is 0 Å². The Bertz CT molecular complexity index is 560. The number of ether oxygens (including phenoxy) is 1. The van der Waals surface area contributed by atoms with Crippen molar-refractivity contribution in [2.75, 3.05) is 25.9 Å². The normalized spacial score (nSPS) is 10.8. The number of hydrogen-bond acceptors (Lipinski definition) is 3. The van der Waals surface area contributed by atoms with Crippen LogP contribution in [0.25, 0.3) is 0 Å². The van der Waals surface area contributed by atoms with E-state index in [0.29, 0.717) is 18.9 Å². The van der Waals surface area contributed by atoms with E-state index in [9.17, 15) is 4.39 Å². The summed E-state index contributed by atoms with van der Waals surface area (Å²) in [6, 6.07) is 14.2. The molecule has 0 saturated carbocycles. The van der Waals surface area contributed by atoms with Crippen LogP contribution in [-0.2, 0) is 6.54 Å². The van der Waals surface area contributed by atoms with Crippen molar-refractivity contribution in [2.24, 2.45) is 0 Å². The first-order chi connectivity index (χ1) is 9.65. The van der Waals surface area contributed by atoms with Crippen molar-refractivity contribution < 1.29 is 9.13 Å². The molecular weight excluding hydrogens is 255 g/mol. The van der Waals surface area contributed by atoms with Crippen LogP contribution >= 0.6 is 0 Å². The van der Waals surface area contributed by atoms with E-state index < -0.39 is 0 Å². The maximum atomic E-state index is 13.4. The zero-order chi connectivity index (χ0) is 14.4. The zero-order valence-electron chi connectivity index (χ0n) is 11.6. The molecule has 0 radical (unpaired) electrons. The minimum absolute atomic E-state index is 0.296. The van der Waals surface area contributed by atoms with Gasteiger partial charge in [-0.25, -0.2) is 4.39 Å². The lowest BCUT2D eigenvalue weighted by molar-refractivity contribution is 0.226. The first kappa shape index (κ1) is 14.3. The second-order valence-corrected chi connectivity index (χ2v) is 4.76. The number of rotatable bonds is 6. The first-order valence-electron chi connectivity index (χ1n) is 6.55. The smallest absolute Gasteiger partial charge is 0.165 e.